The van der Waals surface area contributed by atoms with Gasteiger partial charge in [0.25, 0.3) is 0 Å². The molecule has 2 N–H and O–H groups in total. The topological polar surface area (TPSA) is 40.5 Å². The summed E-state index contributed by atoms with van der Waals surface area (Å²) in [5, 5.41) is 16.9. The molecular weight excluding hydrogens is 224 g/mol. The molecule has 0 aromatic carbocycles. The fraction of sp³-hybridized carbons (Fsp3) is 0.750. The van der Waals surface area contributed by atoms with Crippen molar-refractivity contribution in [3.05, 3.63) is 0 Å². The van der Waals surface area contributed by atoms with Crippen LogP contribution >= 0.6 is 0 Å². The van der Waals surface area contributed by atoms with Crippen molar-refractivity contribution in [1.29, 1.82) is 0 Å². The lowest BCUT2D eigenvalue weighted by molar-refractivity contribution is 0.350. The third-order valence-corrected chi connectivity index (χ3v) is 2.76. The van der Waals surface area contributed by atoms with Gasteiger partial charge in [0, 0.05) is 12.8 Å². The molecule has 0 spiro atoms. The summed E-state index contributed by atoms with van der Waals surface area (Å²) in [4.78, 5) is 0. The quantitative estimate of drug-likeness (QED) is 0.488. The smallest absolute Gasteiger partial charge is 0.104 e. The summed E-state index contributed by atoms with van der Waals surface area (Å²) in [5.41, 5.74) is 0. The van der Waals surface area contributed by atoms with Crippen LogP contribution in [0.3, 0.4) is 0 Å². The van der Waals surface area contributed by atoms with Gasteiger partial charge in [-0.2, -0.15) is 0 Å². The van der Waals surface area contributed by atoms with Gasteiger partial charge in [-0.05, 0) is 12.8 Å². The number of unbranched alkanes of at least 4 members (excludes halogenated alkanes) is 9. The minimum absolute atomic E-state index is 0.0112. The fourth-order valence-electron chi connectivity index (χ4n) is 1.78. The van der Waals surface area contributed by atoms with E-state index in [4.69, 9.17) is 10.2 Å². The number of rotatable bonds is 9. The molecule has 18 heavy (non-hydrogen) atoms. The number of aliphatic hydroxyl groups is 2. The van der Waals surface area contributed by atoms with Crippen molar-refractivity contribution in [2.45, 2.75) is 64.2 Å². The van der Waals surface area contributed by atoms with Crippen LogP contribution in [0.15, 0.2) is 0 Å². The molecule has 2 nitrogen and oxygen atoms in total. The maximum atomic E-state index is 8.46. The Bertz CT molecular complexity index is 245. The van der Waals surface area contributed by atoms with Gasteiger partial charge in [-0.1, -0.05) is 50.4 Å². The zero-order valence-corrected chi connectivity index (χ0v) is 11.4. The van der Waals surface area contributed by atoms with E-state index in [1.165, 1.54) is 38.5 Å². The van der Waals surface area contributed by atoms with Gasteiger partial charge in [-0.15, -0.1) is 11.8 Å². The van der Waals surface area contributed by atoms with Gasteiger partial charge in [0.05, 0.1) is 0 Å². The molecule has 2 heteroatoms. The molecule has 0 heterocycles. The van der Waals surface area contributed by atoms with Crippen molar-refractivity contribution >= 4 is 0 Å². The first kappa shape index (κ1) is 17.0. The summed E-state index contributed by atoms with van der Waals surface area (Å²) in [5.74, 6) is 11.2. The van der Waals surface area contributed by atoms with Crippen molar-refractivity contribution in [3.63, 3.8) is 0 Å². The van der Waals surface area contributed by atoms with Crippen molar-refractivity contribution in [1.82, 2.24) is 0 Å². The van der Waals surface area contributed by atoms with Crippen LogP contribution in [0, 0.1) is 23.7 Å². The van der Waals surface area contributed by atoms with Crippen LogP contribution < -0.4 is 0 Å². The third kappa shape index (κ3) is 15.0. The summed E-state index contributed by atoms with van der Waals surface area (Å²) >= 11 is 0. The predicted octanol–water partition coefficient (Wildman–Crippen LogP) is 2.88. The zero-order valence-electron chi connectivity index (χ0n) is 11.4. The lowest BCUT2D eigenvalue weighted by Crippen LogP contribution is -1.81. The van der Waals surface area contributed by atoms with Crippen LogP contribution in [0.25, 0.3) is 0 Å². The van der Waals surface area contributed by atoms with Crippen molar-refractivity contribution in [2.24, 2.45) is 0 Å². The maximum absolute atomic E-state index is 8.46. The van der Waals surface area contributed by atoms with E-state index < -0.39 is 0 Å². The second-order valence-electron chi connectivity index (χ2n) is 4.35. The molecule has 0 fully saturated rings. The summed E-state index contributed by atoms with van der Waals surface area (Å²) in [6.45, 7) is -0.0225. The summed E-state index contributed by atoms with van der Waals surface area (Å²) < 4.78 is 0. The Morgan fingerprint density at radius 3 is 1.11 bits per heavy atom. The van der Waals surface area contributed by atoms with E-state index in [0.717, 1.165) is 25.7 Å². The molecule has 0 saturated heterocycles. The van der Waals surface area contributed by atoms with Crippen LogP contribution in [-0.4, -0.2) is 23.4 Å². The van der Waals surface area contributed by atoms with Crippen molar-refractivity contribution < 1.29 is 10.2 Å². The first-order valence-corrected chi connectivity index (χ1v) is 7.05. The summed E-state index contributed by atoms with van der Waals surface area (Å²) in [7, 11) is 0. The minimum Gasteiger partial charge on any atom is -0.384 e. The average Bonchev–Trinajstić information content (AvgIpc) is 2.39. The van der Waals surface area contributed by atoms with Crippen LogP contribution in [0.4, 0.5) is 0 Å². The monoisotopic (exact) mass is 250 g/mol. The van der Waals surface area contributed by atoms with Gasteiger partial charge in [-0.3, -0.25) is 0 Å². The van der Waals surface area contributed by atoms with E-state index in [9.17, 15) is 0 Å². The normalized spacial score (nSPS) is 9.22. The molecule has 0 radical (unpaired) electrons. The highest BCUT2D eigenvalue weighted by molar-refractivity contribution is 4.98. The molecule has 0 aromatic rings. The molecule has 0 atom stereocenters. The molecule has 0 bridgehead atoms. The Hall–Kier alpha value is -0.960. The largest absolute Gasteiger partial charge is 0.384 e. The van der Waals surface area contributed by atoms with Gasteiger partial charge >= 0.3 is 0 Å². The van der Waals surface area contributed by atoms with Crippen LogP contribution in [-0.2, 0) is 0 Å². The van der Waals surface area contributed by atoms with Gasteiger partial charge in [0.2, 0.25) is 0 Å². The number of hydrogen-bond acceptors (Lipinski definition) is 2. The Morgan fingerprint density at radius 2 is 0.778 bits per heavy atom. The van der Waals surface area contributed by atoms with E-state index in [-0.39, 0.29) is 13.2 Å². The SMILES string of the molecule is OCC#CCCCCCCCCCCC#CCO. The maximum Gasteiger partial charge on any atom is 0.104 e. The number of hydrogen-bond donors (Lipinski definition) is 2. The van der Waals surface area contributed by atoms with Gasteiger partial charge in [-0.25, -0.2) is 0 Å². The van der Waals surface area contributed by atoms with Crippen LogP contribution in [0.5, 0.6) is 0 Å². The van der Waals surface area contributed by atoms with Crippen molar-refractivity contribution in [3.8, 4) is 23.7 Å². The average molecular weight is 250 g/mol. The van der Waals surface area contributed by atoms with E-state index in [0.29, 0.717) is 0 Å². The highest BCUT2D eigenvalue weighted by Gasteiger charge is 1.91. The van der Waals surface area contributed by atoms with Gasteiger partial charge < -0.3 is 10.2 Å². The Kier molecular flexibility index (Phi) is 15.2. The lowest BCUT2D eigenvalue weighted by Gasteiger charge is -2.00. The molecule has 102 valence electrons. The lowest BCUT2D eigenvalue weighted by atomic mass is 10.1. The highest BCUT2D eigenvalue weighted by atomic mass is 16.3. The highest BCUT2D eigenvalue weighted by Crippen LogP contribution is 2.10. The Labute approximate surface area is 112 Å². The minimum atomic E-state index is -0.0112. The second-order valence-corrected chi connectivity index (χ2v) is 4.35. The number of aliphatic hydroxyl groups excluding tert-OH is 2. The molecular formula is C16H26O2. The van der Waals surface area contributed by atoms with Gasteiger partial charge in [0.1, 0.15) is 13.2 Å². The fourth-order valence-corrected chi connectivity index (χ4v) is 1.78. The van der Waals surface area contributed by atoms with Gasteiger partial charge in [0.15, 0.2) is 0 Å². The predicted molar refractivity (Wildman–Crippen MR) is 75.9 cm³/mol. The first-order valence-electron chi connectivity index (χ1n) is 7.05. The van der Waals surface area contributed by atoms with E-state index in [2.05, 4.69) is 23.7 Å². The first-order chi connectivity index (χ1) is 8.91. The van der Waals surface area contributed by atoms with Crippen LogP contribution in [0.2, 0.25) is 0 Å². The third-order valence-electron chi connectivity index (χ3n) is 2.76. The Morgan fingerprint density at radius 1 is 0.444 bits per heavy atom. The van der Waals surface area contributed by atoms with E-state index in [1.807, 2.05) is 0 Å². The second kappa shape index (κ2) is 16.0. The summed E-state index contributed by atoms with van der Waals surface area (Å²) in [6, 6.07) is 0. The molecule has 0 aliphatic heterocycles. The molecule has 0 unspecified atom stereocenters. The molecule has 0 aliphatic rings. The molecule has 0 saturated carbocycles. The van der Waals surface area contributed by atoms with Crippen LogP contribution in [0.1, 0.15) is 64.2 Å². The molecule has 0 rings (SSSR count). The summed E-state index contributed by atoms with van der Waals surface area (Å²) in [6.07, 6.45) is 11.9. The van der Waals surface area contributed by atoms with E-state index >= 15 is 0 Å². The van der Waals surface area contributed by atoms with Crippen molar-refractivity contribution in [2.75, 3.05) is 13.2 Å². The Balaban J connectivity index is 3.03. The standard InChI is InChI=1S/C16H26O2/c17-15-13-11-9-7-5-3-1-2-4-6-8-10-12-14-16-18/h17-18H,1-10,15-16H2. The molecule has 0 aromatic heterocycles. The molecule has 0 amide bonds. The van der Waals surface area contributed by atoms with E-state index in [1.54, 1.807) is 0 Å². The molecule has 0 aliphatic carbocycles. The zero-order chi connectivity index (χ0) is 13.3.